The maximum Gasteiger partial charge on any atom is 0.109 e. The molecule has 33 heavy (non-hydrogen) atoms. The number of aryl methyl sites for hydroxylation is 1. The molecule has 0 spiro atoms. The molecular weight excluding hydrogens is 583 g/mol. The zero-order valence-electron chi connectivity index (χ0n) is 19.8. The predicted molar refractivity (Wildman–Crippen MR) is 130 cm³/mol. The Kier molecular flexibility index (Phi) is 5.90. The zero-order chi connectivity index (χ0) is 23.7. The Hall–Kier alpha value is -3.77. The Morgan fingerprint density at radius 2 is 1.52 bits per heavy atom. The van der Waals surface area contributed by atoms with Crippen LogP contribution in [0.15, 0.2) is 103 Å². The van der Waals surface area contributed by atoms with Gasteiger partial charge in [-0.2, -0.15) is 6.07 Å². The van der Waals surface area contributed by atoms with Crippen LogP contribution in [-0.2, 0) is 20.1 Å². The molecule has 1 heterocycles. The number of aromatic nitrogens is 2. The summed E-state index contributed by atoms with van der Waals surface area (Å²) in [6.07, 6.45) is -0.148. The van der Waals surface area contributed by atoms with Crippen molar-refractivity contribution in [3.63, 3.8) is 0 Å². The van der Waals surface area contributed by atoms with Crippen molar-refractivity contribution >= 4 is 5.69 Å². The average Bonchev–Trinajstić information content (AvgIpc) is 3.18. The van der Waals surface area contributed by atoms with Crippen LogP contribution in [0, 0.1) is 19.6 Å². The molecule has 5 aromatic rings. The van der Waals surface area contributed by atoms with Crippen LogP contribution in [0.3, 0.4) is 0 Å². The molecule has 161 valence electrons. The second-order valence-electron chi connectivity index (χ2n) is 7.51. The van der Waals surface area contributed by atoms with Gasteiger partial charge in [0.1, 0.15) is 5.69 Å². The first kappa shape index (κ1) is 19.9. The van der Waals surface area contributed by atoms with Gasteiger partial charge in [0.05, 0.1) is 20.8 Å². The summed E-state index contributed by atoms with van der Waals surface area (Å²) in [4.78, 5) is 7.96. The van der Waals surface area contributed by atoms with E-state index in [9.17, 15) is 0 Å². The average molecular weight is 605 g/mol. The van der Waals surface area contributed by atoms with E-state index < -0.39 is 0 Å². The van der Waals surface area contributed by atoms with E-state index in [1.807, 2.05) is 60.7 Å². The molecule has 0 amide bonds. The molecule has 0 bridgehead atoms. The Labute approximate surface area is 210 Å². The van der Waals surface area contributed by atoms with Gasteiger partial charge >= 0.3 is 0 Å². The number of hydrogen-bond acceptors (Lipinski definition) is 1. The van der Waals surface area contributed by atoms with Gasteiger partial charge in [-0.3, -0.25) is 9.83 Å². The van der Waals surface area contributed by atoms with Gasteiger partial charge < -0.3 is 4.57 Å². The summed E-state index contributed by atoms with van der Waals surface area (Å²) in [7, 11) is 0. The maximum absolute atomic E-state index is 8.81. The normalized spacial score (nSPS) is 11.2. The van der Waals surface area contributed by atoms with Crippen molar-refractivity contribution < 1.29 is 22.8 Å². The van der Waals surface area contributed by atoms with Crippen LogP contribution < -0.4 is 0 Å². The summed E-state index contributed by atoms with van der Waals surface area (Å²) in [6.45, 7) is 9.45. The van der Waals surface area contributed by atoms with Crippen LogP contribution in [-0.4, -0.2) is 9.55 Å². The van der Waals surface area contributed by atoms with E-state index in [0.29, 0.717) is 17.1 Å². The minimum absolute atomic E-state index is 0. The van der Waals surface area contributed by atoms with Crippen molar-refractivity contribution in [1.82, 2.24) is 9.55 Å². The van der Waals surface area contributed by atoms with Crippen LogP contribution in [0.5, 0.6) is 0 Å². The third kappa shape index (κ3) is 4.43. The van der Waals surface area contributed by atoms with Crippen molar-refractivity contribution in [3.8, 4) is 39.3 Å². The van der Waals surface area contributed by atoms with Crippen molar-refractivity contribution in [2.24, 2.45) is 0 Å². The first-order valence-corrected chi connectivity index (χ1v) is 10.3. The molecule has 0 unspecified atom stereocenters. The summed E-state index contributed by atoms with van der Waals surface area (Å²) in [5, 5.41) is 0. The second-order valence-corrected chi connectivity index (χ2v) is 7.51. The molecule has 4 aromatic carbocycles. The Balaban J connectivity index is 0.00000289. The number of imidazole rings is 1. The summed E-state index contributed by atoms with van der Waals surface area (Å²) in [6, 6.07) is 32.5. The molecule has 0 aliphatic heterocycles. The van der Waals surface area contributed by atoms with Crippen molar-refractivity contribution in [2.75, 3.05) is 0 Å². The smallest absolute Gasteiger partial charge is 0.109 e. The van der Waals surface area contributed by atoms with Gasteiger partial charge in [0.25, 0.3) is 0 Å². The van der Waals surface area contributed by atoms with Crippen molar-refractivity contribution in [1.29, 1.82) is 0 Å². The van der Waals surface area contributed by atoms with Gasteiger partial charge in [0.15, 0.2) is 0 Å². The van der Waals surface area contributed by atoms with Crippen LogP contribution in [0.4, 0.5) is 5.69 Å². The molecule has 5 rings (SSSR count). The van der Waals surface area contributed by atoms with Gasteiger partial charge in [-0.05, 0) is 35.7 Å². The third-order valence-corrected chi connectivity index (χ3v) is 5.34. The van der Waals surface area contributed by atoms with Crippen LogP contribution in [0.1, 0.15) is 8.30 Å². The first-order valence-electron chi connectivity index (χ1n) is 11.3. The third-order valence-electron chi connectivity index (χ3n) is 5.34. The summed E-state index contributed by atoms with van der Waals surface area (Å²) in [5.41, 5.74) is 6.76. The Morgan fingerprint density at radius 3 is 2.09 bits per heavy atom. The predicted octanol–water partition coefficient (Wildman–Crippen LogP) is 7.53. The van der Waals surface area contributed by atoms with E-state index in [4.69, 9.17) is 9.31 Å². The Morgan fingerprint density at radius 1 is 0.909 bits per heavy atom. The van der Waals surface area contributed by atoms with E-state index in [0.717, 1.165) is 33.5 Å². The fraction of sp³-hybridized carbons (Fsp3) is 0.0345. The van der Waals surface area contributed by atoms with Gasteiger partial charge in [0.2, 0.25) is 0 Å². The molecule has 0 atom stereocenters. The summed E-state index contributed by atoms with van der Waals surface area (Å²) < 4.78 is 18.9. The van der Waals surface area contributed by atoms with Crippen LogP contribution >= 0.6 is 0 Å². The molecule has 0 N–H and O–H groups in total. The fourth-order valence-corrected chi connectivity index (χ4v) is 3.92. The van der Waals surface area contributed by atoms with Gasteiger partial charge in [0, 0.05) is 43.6 Å². The largest absolute Gasteiger partial charge is 0.339 e. The topological polar surface area (TPSA) is 22.2 Å². The van der Waals surface area contributed by atoms with E-state index in [1.165, 1.54) is 0 Å². The summed E-state index contributed by atoms with van der Waals surface area (Å²) >= 11 is 0. The van der Waals surface area contributed by atoms with Crippen molar-refractivity contribution in [2.45, 2.75) is 6.92 Å². The molecule has 0 saturated carbocycles. The van der Waals surface area contributed by atoms with Gasteiger partial charge in [-0.1, -0.05) is 60.7 Å². The molecular formula is C29H20IrN3-. The van der Waals surface area contributed by atoms with Gasteiger partial charge in [-0.15, -0.1) is 23.8 Å². The van der Waals surface area contributed by atoms with E-state index in [2.05, 4.69) is 35.0 Å². The van der Waals surface area contributed by atoms with E-state index >= 15 is 0 Å². The minimum Gasteiger partial charge on any atom is -0.339 e. The number of rotatable bonds is 4. The SMILES string of the molecule is [2H]c1nc(-c2[c-]ccc([N+]#[C-])c2)n(-c2c(-c3ccccc3)cc(C)cc2-c2ccccc2)c1[2H].[Ir]. The van der Waals surface area contributed by atoms with Crippen LogP contribution in [0.2, 0.25) is 0 Å². The molecule has 1 aromatic heterocycles. The molecule has 0 aliphatic rings. The van der Waals surface area contributed by atoms with Crippen molar-refractivity contribution in [3.05, 3.63) is 126 Å². The number of benzene rings is 4. The summed E-state index contributed by atoms with van der Waals surface area (Å²) in [5.74, 6) is 0.415. The molecule has 0 fully saturated rings. The Bertz CT molecular complexity index is 1480. The quantitative estimate of drug-likeness (QED) is 0.195. The standard InChI is InChI=1S/C29H20N3.Ir/c1-21-18-26(22-10-5-3-6-11-22)28(27(19-21)23-12-7-4-8-13-23)32-17-16-31-29(32)24-14-9-15-25(20-24)30-2;/h3-13,15-20H,1H3;/q-1;/i16D,17D;. The number of nitrogens with zero attached hydrogens (tertiary/aromatic N) is 3. The molecule has 0 saturated heterocycles. The first-order chi connectivity index (χ1) is 16.6. The number of hydrogen-bond donors (Lipinski definition) is 0. The molecule has 4 heteroatoms. The maximum atomic E-state index is 8.81. The molecule has 1 radical (unpaired) electrons. The van der Waals surface area contributed by atoms with Gasteiger partial charge in [-0.25, -0.2) is 0 Å². The minimum atomic E-state index is -0.129. The molecule has 3 nitrogen and oxygen atoms in total. The van der Waals surface area contributed by atoms with Crippen LogP contribution in [0.25, 0.3) is 44.2 Å². The fourth-order valence-electron chi connectivity index (χ4n) is 3.92. The van der Waals surface area contributed by atoms with E-state index in [-0.39, 0.29) is 32.5 Å². The zero-order valence-corrected chi connectivity index (χ0v) is 20.2. The monoisotopic (exact) mass is 605 g/mol. The van der Waals surface area contributed by atoms with E-state index in [1.54, 1.807) is 22.8 Å². The molecule has 0 aliphatic carbocycles. The second kappa shape index (κ2) is 9.79.